The van der Waals surface area contributed by atoms with E-state index >= 15 is 0 Å². The van der Waals surface area contributed by atoms with Crippen molar-refractivity contribution in [2.75, 3.05) is 18.1 Å². The number of benzene rings is 1. The lowest BCUT2D eigenvalue weighted by Gasteiger charge is -2.34. The number of anilines is 1. The summed E-state index contributed by atoms with van der Waals surface area (Å²) in [5.41, 5.74) is 1.08. The number of ether oxygens (including phenoxy) is 1. The topological polar surface area (TPSA) is 12.5 Å². The maximum Gasteiger partial charge on any atom is 0.140 e. The summed E-state index contributed by atoms with van der Waals surface area (Å²) in [6.07, 6.45) is 0. The molecule has 0 aromatic heterocycles. The van der Waals surface area contributed by atoms with E-state index in [2.05, 4.69) is 7.05 Å². The second-order valence-electron chi connectivity index (χ2n) is 2.58. The Kier molecular flexibility index (Phi) is 1.46. The maximum atomic E-state index is 5.41. The Morgan fingerprint density at radius 3 is 3.00 bits per heavy atom. The lowest BCUT2D eigenvalue weighted by Crippen LogP contribution is -2.26. The largest absolute Gasteiger partial charge is 0.520 e. The normalized spacial score (nSPS) is 15.5. The van der Waals surface area contributed by atoms with Crippen LogP contribution in [0, 0.1) is 7.05 Å². The molecular formula is C9H10NO-. The Labute approximate surface area is 66.4 Å². The molecule has 0 bridgehead atoms. The van der Waals surface area contributed by atoms with Gasteiger partial charge in [-0.05, 0) is 12.1 Å². The van der Waals surface area contributed by atoms with Gasteiger partial charge < -0.3 is 9.64 Å². The van der Waals surface area contributed by atoms with E-state index in [4.69, 9.17) is 4.74 Å². The molecule has 0 saturated carbocycles. The molecule has 1 aromatic carbocycles. The zero-order chi connectivity index (χ0) is 7.68. The molecule has 58 valence electrons. The molecule has 1 aliphatic heterocycles. The lowest BCUT2D eigenvalue weighted by atomic mass is 10.2. The van der Waals surface area contributed by atoms with Crippen molar-refractivity contribution in [1.82, 2.24) is 0 Å². The highest BCUT2D eigenvalue weighted by molar-refractivity contribution is 5.59. The quantitative estimate of drug-likeness (QED) is 0.519. The van der Waals surface area contributed by atoms with Gasteiger partial charge in [-0.3, -0.25) is 7.05 Å². The van der Waals surface area contributed by atoms with Crippen LogP contribution in [0.3, 0.4) is 0 Å². The molecule has 1 heterocycles. The molecule has 0 aliphatic carbocycles. The lowest BCUT2D eigenvalue weighted by molar-refractivity contribution is 0.313. The van der Waals surface area contributed by atoms with Gasteiger partial charge in [0.15, 0.2) is 0 Å². The number of fused-ring (bicyclic) bond motifs is 1. The van der Waals surface area contributed by atoms with E-state index in [1.165, 1.54) is 0 Å². The Bertz CT molecular complexity index is 259. The van der Waals surface area contributed by atoms with Crippen LogP contribution in [0.5, 0.6) is 5.75 Å². The van der Waals surface area contributed by atoms with E-state index in [0.29, 0.717) is 0 Å². The minimum atomic E-state index is 0.737. The molecule has 0 saturated heterocycles. The third kappa shape index (κ3) is 1.04. The summed E-state index contributed by atoms with van der Waals surface area (Å²) in [5.74, 6) is 0.939. The van der Waals surface area contributed by atoms with Crippen molar-refractivity contribution in [1.29, 1.82) is 0 Å². The van der Waals surface area contributed by atoms with Crippen molar-refractivity contribution < 1.29 is 4.74 Å². The first-order valence-electron chi connectivity index (χ1n) is 3.68. The summed E-state index contributed by atoms with van der Waals surface area (Å²) in [4.78, 5) is 1.96. The summed E-state index contributed by atoms with van der Waals surface area (Å²) in [6, 6.07) is 7.94. The fraction of sp³-hybridized carbons (Fsp3) is 0.222. The van der Waals surface area contributed by atoms with Crippen molar-refractivity contribution in [3.63, 3.8) is 0 Å². The molecule has 0 spiro atoms. The van der Waals surface area contributed by atoms with Crippen LogP contribution in [0.2, 0.25) is 0 Å². The van der Waals surface area contributed by atoms with Gasteiger partial charge >= 0.3 is 0 Å². The van der Waals surface area contributed by atoms with E-state index < -0.39 is 0 Å². The summed E-state index contributed by atoms with van der Waals surface area (Å²) in [7, 11) is 3.89. The molecule has 2 rings (SSSR count). The van der Waals surface area contributed by atoms with Crippen molar-refractivity contribution in [3.8, 4) is 5.75 Å². The van der Waals surface area contributed by atoms with Crippen molar-refractivity contribution in [2.45, 2.75) is 0 Å². The number of hydrogen-bond donors (Lipinski definition) is 0. The van der Waals surface area contributed by atoms with Gasteiger partial charge in [0, 0.05) is 12.2 Å². The Hall–Kier alpha value is -1.18. The van der Waals surface area contributed by atoms with Gasteiger partial charge in [0.2, 0.25) is 0 Å². The molecular weight excluding hydrogens is 138 g/mol. The monoisotopic (exact) mass is 148 g/mol. The highest BCUT2D eigenvalue weighted by Gasteiger charge is 2.08. The summed E-state index contributed by atoms with van der Waals surface area (Å²) in [6.45, 7) is 1.61. The SMILES string of the molecule is [CH2-]N1CCOc2ccccc21. The predicted octanol–water partition coefficient (Wildman–Crippen LogP) is 1.68. The first-order chi connectivity index (χ1) is 5.38. The smallest absolute Gasteiger partial charge is 0.140 e. The minimum Gasteiger partial charge on any atom is -0.520 e. The van der Waals surface area contributed by atoms with Crippen molar-refractivity contribution >= 4 is 5.69 Å². The van der Waals surface area contributed by atoms with Crippen LogP contribution in [0.15, 0.2) is 24.3 Å². The van der Waals surface area contributed by atoms with Gasteiger partial charge in [-0.25, -0.2) is 0 Å². The molecule has 0 amide bonds. The van der Waals surface area contributed by atoms with Gasteiger partial charge in [0.1, 0.15) is 12.4 Å². The summed E-state index contributed by atoms with van der Waals surface area (Å²) in [5, 5.41) is 0. The highest BCUT2D eigenvalue weighted by atomic mass is 16.5. The first-order valence-corrected chi connectivity index (χ1v) is 3.68. The zero-order valence-corrected chi connectivity index (χ0v) is 6.29. The fourth-order valence-corrected chi connectivity index (χ4v) is 1.23. The Balaban J connectivity index is 2.44. The zero-order valence-electron chi connectivity index (χ0n) is 6.29. The summed E-state index contributed by atoms with van der Waals surface area (Å²) >= 11 is 0. The molecule has 1 aromatic rings. The molecule has 2 nitrogen and oxygen atoms in total. The summed E-state index contributed by atoms with van der Waals surface area (Å²) < 4.78 is 5.41. The van der Waals surface area contributed by atoms with Gasteiger partial charge in [0.05, 0.1) is 0 Å². The van der Waals surface area contributed by atoms with Crippen LogP contribution in [0.25, 0.3) is 0 Å². The molecule has 0 unspecified atom stereocenters. The van der Waals surface area contributed by atoms with Crippen LogP contribution < -0.4 is 9.64 Å². The van der Waals surface area contributed by atoms with Gasteiger partial charge in [-0.1, -0.05) is 12.1 Å². The van der Waals surface area contributed by atoms with Crippen LogP contribution in [-0.2, 0) is 0 Å². The number of nitrogens with zero attached hydrogens (tertiary/aromatic N) is 1. The molecule has 0 radical (unpaired) electrons. The van der Waals surface area contributed by atoms with E-state index in [0.717, 1.165) is 24.6 Å². The third-order valence-electron chi connectivity index (χ3n) is 1.82. The van der Waals surface area contributed by atoms with Gasteiger partial charge in [0.25, 0.3) is 0 Å². The van der Waals surface area contributed by atoms with Crippen LogP contribution >= 0.6 is 0 Å². The minimum absolute atomic E-state index is 0.737. The van der Waals surface area contributed by atoms with Gasteiger partial charge in [-0.2, -0.15) is 0 Å². The predicted molar refractivity (Wildman–Crippen MR) is 44.6 cm³/mol. The molecule has 11 heavy (non-hydrogen) atoms. The molecule has 0 atom stereocenters. The second kappa shape index (κ2) is 2.46. The molecule has 1 aliphatic rings. The maximum absolute atomic E-state index is 5.41. The van der Waals surface area contributed by atoms with E-state index in [1.807, 2.05) is 29.2 Å². The van der Waals surface area contributed by atoms with E-state index in [-0.39, 0.29) is 0 Å². The van der Waals surface area contributed by atoms with Crippen molar-refractivity contribution in [2.24, 2.45) is 0 Å². The standard InChI is InChI=1S/C9H10NO/c1-10-6-7-11-9-5-3-2-4-8(9)10/h2-5H,1,6-7H2/q-1. The second-order valence-corrected chi connectivity index (χ2v) is 2.58. The van der Waals surface area contributed by atoms with Crippen LogP contribution in [0.4, 0.5) is 5.69 Å². The highest BCUT2D eigenvalue weighted by Crippen LogP contribution is 2.29. The van der Waals surface area contributed by atoms with Crippen LogP contribution in [0.1, 0.15) is 0 Å². The van der Waals surface area contributed by atoms with Crippen molar-refractivity contribution in [3.05, 3.63) is 31.3 Å². The fourth-order valence-electron chi connectivity index (χ4n) is 1.23. The molecule has 0 fully saturated rings. The Morgan fingerprint density at radius 2 is 2.18 bits per heavy atom. The number of hydrogen-bond acceptors (Lipinski definition) is 2. The van der Waals surface area contributed by atoms with E-state index in [1.54, 1.807) is 0 Å². The molecule has 2 heteroatoms. The van der Waals surface area contributed by atoms with Crippen LogP contribution in [-0.4, -0.2) is 13.2 Å². The number of para-hydroxylation sites is 2. The molecule has 0 N–H and O–H groups in total. The van der Waals surface area contributed by atoms with E-state index in [9.17, 15) is 0 Å². The average Bonchev–Trinajstić information content (AvgIpc) is 2.06. The third-order valence-corrected chi connectivity index (χ3v) is 1.82. The van der Waals surface area contributed by atoms with Gasteiger partial charge in [-0.15, -0.1) is 0 Å². The number of rotatable bonds is 0. The first kappa shape index (κ1) is 6.53. The Morgan fingerprint density at radius 1 is 1.36 bits per heavy atom. The average molecular weight is 148 g/mol.